The second-order valence-corrected chi connectivity index (χ2v) is 3.87. The minimum atomic E-state index is -1.24. The third kappa shape index (κ3) is 7.75. The quantitative estimate of drug-likeness (QED) is 0.560. The Hall–Kier alpha value is -1.30. The van der Waals surface area contributed by atoms with E-state index in [9.17, 15) is 9.59 Å². The Morgan fingerprint density at radius 3 is 2.20 bits per heavy atom. The topological polar surface area (TPSA) is 82.1 Å². The van der Waals surface area contributed by atoms with Crippen LogP contribution in [0.15, 0.2) is 0 Å². The Morgan fingerprint density at radius 2 is 1.80 bits per heavy atom. The number of hydrogen-bond acceptors (Lipinski definition) is 6. The van der Waals surface area contributed by atoms with Crippen LogP contribution in [0.1, 0.15) is 27.7 Å². The van der Waals surface area contributed by atoms with Crippen LogP contribution in [0.3, 0.4) is 0 Å². The number of rotatable bonds is 3. The average Bonchev–Trinajstić information content (AvgIpc) is 2.00. The molecule has 0 fully saturated rings. The largest absolute Gasteiger partial charge is 0.511 e. The molecule has 1 atom stereocenters. The lowest BCUT2D eigenvalue weighted by Crippen LogP contribution is -2.26. The smallest absolute Gasteiger partial charge is 0.428 e. The first kappa shape index (κ1) is 13.7. The summed E-state index contributed by atoms with van der Waals surface area (Å²) in [4.78, 5) is 21.6. The van der Waals surface area contributed by atoms with Crippen molar-refractivity contribution in [3.05, 3.63) is 0 Å². The number of esters is 1. The van der Waals surface area contributed by atoms with Gasteiger partial charge in [0.2, 0.25) is 6.79 Å². The van der Waals surface area contributed by atoms with Gasteiger partial charge in [0.1, 0.15) is 11.7 Å². The normalized spacial score (nSPS) is 12.9. The van der Waals surface area contributed by atoms with Crippen LogP contribution >= 0.6 is 0 Å². The van der Waals surface area contributed by atoms with Gasteiger partial charge in [0.15, 0.2) is 0 Å². The number of aliphatic hydroxyl groups excluding tert-OH is 1. The third-order valence-corrected chi connectivity index (χ3v) is 1.11. The second-order valence-electron chi connectivity index (χ2n) is 3.87. The van der Waals surface area contributed by atoms with Crippen LogP contribution in [0, 0.1) is 0 Å². The van der Waals surface area contributed by atoms with E-state index in [1.165, 1.54) is 6.92 Å². The maximum Gasteiger partial charge on any atom is 0.511 e. The lowest BCUT2D eigenvalue weighted by Gasteiger charge is -2.18. The molecule has 0 saturated carbocycles. The molecule has 0 rings (SSSR count). The lowest BCUT2D eigenvalue weighted by atomic mass is 10.2. The minimum absolute atomic E-state index is 0.571. The molecule has 0 amide bonds. The van der Waals surface area contributed by atoms with Crippen LogP contribution in [-0.4, -0.2) is 35.7 Å². The van der Waals surface area contributed by atoms with E-state index in [-0.39, 0.29) is 0 Å². The molecule has 15 heavy (non-hydrogen) atoms. The number of carbonyl (C=O) groups is 2. The maximum atomic E-state index is 10.9. The molecule has 0 aliphatic rings. The van der Waals surface area contributed by atoms with Crippen molar-refractivity contribution < 1.29 is 28.9 Å². The summed E-state index contributed by atoms with van der Waals surface area (Å²) in [6.45, 7) is 5.71. The average molecular weight is 220 g/mol. The highest BCUT2D eigenvalue weighted by molar-refractivity contribution is 5.73. The molecule has 0 spiro atoms. The van der Waals surface area contributed by atoms with Gasteiger partial charge in [0.05, 0.1) is 0 Å². The molecule has 1 N–H and O–H groups in total. The summed E-state index contributed by atoms with van der Waals surface area (Å²) in [5.41, 5.74) is -0.661. The van der Waals surface area contributed by atoms with Crippen LogP contribution in [0.25, 0.3) is 0 Å². The van der Waals surface area contributed by atoms with Crippen molar-refractivity contribution >= 4 is 12.1 Å². The van der Waals surface area contributed by atoms with Crippen LogP contribution in [0.4, 0.5) is 4.79 Å². The highest BCUT2D eigenvalue weighted by Crippen LogP contribution is 2.07. The van der Waals surface area contributed by atoms with Crippen molar-refractivity contribution in [3.8, 4) is 0 Å². The molecule has 0 bridgehead atoms. The van der Waals surface area contributed by atoms with Gasteiger partial charge in [0, 0.05) is 0 Å². The van der Waals surface area contributed by atoms with Crippen molar-refractivity contribution in [2.75, 3.05) is 6.79 Å². The first-order valence-electron chi connectivity index (χ1n) is 4.43. The van der Waals surface area contributed by atoms with Gasteiger partial charge in [-0.15, -0.1) is 0 Å². The molecule has 0 aromatic rings. The zero-order valence-corrected chi connectivity index (χ0v) is 9.27. The summed E-state index contributed by atoms with van der Waals surface area (Å²) in [7, 11) is 0. The molecular weight excluding hydrogens is 204 g/mol. The van der Waals surface area contributed by atoms with Gasteiger partial charge < -0.3 is 19.3 Å². The molecule has 6 heteroatoms. The SMILES string of the molecule is CC(O)C(=O)OCOC(=O)OC(C)(C)C. The fourth-order valence-corrected chi connectivity index (χ4v) is 0.536. The Kier molecular flexibility index (Phi) is 5.07. The van der Waals surface area contributed by atoms with Gasteiger partial charge in [0.25, 0.3) is 0 Å². The minimum Gasteiger partial charge on any atom is -0.428 e. The Balaban J connectivity index is 3.70. The Bertz CT molecular complexity index is 227. The van der Waals surface area contributed by atoms with Crippen LogP contribution in [0.5, 0.6) is 0 Å². The maximum absolute atomic E-state index is 10.9. The molecule has 88 valence electrons. The van der Waals surface area contributed by atoms with E-state index in [4.69, 9.17) is 9.84 Å². The van der Waals surface area contributed by atoms with Crippen molar-refractivity contribution in [1.82, 2.24) is 0 Å². The van der Waals surface area contributed by atoms with Crippen molar-refractivity contribution in [2.45, 2.75) is 39.4 Å². The van der Waals surface area contributed by atoms with Crippen molar-refractivity contribution in [3.63, 3.8) is 0 Å². The Morgan fingerprint density at radius 1 is 1.27 bits per heavy atom. The molecule has 0 aliphatic heterocycles. The van der Waals surface area contributed by atoms with Crippen LogP contribution in [-0.2, 0) is 19.0 Å². The summed E-state index contributed by atoms with van der Waals surface area (Å²) in [5, 5.41) is 8.73. The number of hydrogen-bond donors (Lipinski definition) is 1. The van der Waals surface area contributed by atoms with E-state index in [0.717, 1.165) is 0 Å². The number of ether oxygens (including phenoxy) is 3. The molecule has 0 saturated heterocycles. The van der Waals surface area contributed by atoms with Gasteiger partial charge in [-0.1, -0.05) is 0 Å². The van der Waals surface area contributed by atoms with Gasteiger partial charge in [-0.2, -0.15) is 0 Å². The third-order valence-electron chi connectivity index (χ3n) is 1.11. The summed E-state index contributed by atoms with van der Waals surface area (Å²) >= 11 is 0. The molecule has 0 aliphatic carbocycles. The summed E-state index contributed by atoms with van der Waals surface area (Å²) in [6.07, 6.45) is -2.17. The van der Waals surface area contributed by atoms with E-state index < -0.39 is 30.6 Å². The lowest BCUT2D eigenvalue weighted by molar-refractivity contribution is -0.163. The molecule has 0 aromatic carbocycles. The van der Waals surface area contributed by atoms with Crippen LogP contribution in [0.2, 0.25) is 0 Å². The van der Waals surface area contributed by atoms with Crippen LogP contribution < -0.4 is 0 Å². The van der Waals surface area contributed by atoms with E-state index in [0.29, 0.717) is 0 Å². The fourth-order valence-electron chi connectivity index (χ4n) is 0.536. The number of aliphatic hydroxyl groups is 1. The predicted octanol–water partition coefficient (Wildman–Crippen LogP) is 0.820. The highest BCUT2D eigenvalue weighted by atomic mass is 16.8. The molecular formula is C9H16O6. The first-order chi connectivity index (χ1) is 6.72. The zero-order chi connectivity index (χ0) is 12.1. The fraction of sp³-hybridized carbons (Fsp3) is 0.778. The molecule has 1 unspecified atom stereocenters. The molecule has 6 nitrogen and oxygen atoms in total. The summed E-state index contributed by atoms with van der Waals surface area (Å²) < 4.78 is 13.6. The van der Waals surface area contributed by atoms with E-state index in [1.54, 1.807) is 20.8 Å². The predicted molar refractivity (Wildman–Crippen MR) is 50.0 cm³/mol. The van der Waals surface area contributed by atoms with E-state index in [1.807, 2.05) is 0 Å². The highest BCUT2D eigenvalue weighted by Gasteiger charge is 2.18. The zero-order valence-electron chi connectivity index (χ0n) is 9.27. The Labute approximate surface area is 88.1 Å². The van der Waals surface area contributed by atoms with E-state index >= 15 is 0 Å². The van der Waals surface area contributed by atoms with Gasteiger partial charge in [-0.05, 0) is 27.7 Å². The van der Waals surface area contributed by atoms with Gasteiger partial charge >= 0.3 is 12.1 Å². The molecule has 0 heterocycles. The summed E-state index contributed by atoms with van der Waals surface area (Å²) in [6, 6.07) is 0. The molecule has 0 aromatic heterocycles. The van der Waals surface area contributed by atoms with Gasteiger partial charge in [-0.25, -0.2) is 9.59 Å². The van der Waals surface area contributed by atoms with Crippen molar-refractivity contribution in [2.24, 2.45) is 0 Å². The molecule has 0 radical (unpaired) electrons. The monoisotopic (exact) mass is 220 g/mol. The van der Waals surface area contributed by atoms with Crippen molar-refractivity contribution in [1.29, 1.82) is 0 Å². The standard InChI is InChI=1S/C9H16O6/c1-6(10)7(11)13-5-14-8(12)15-9(2,3)4/h6,10H,5H2,1-4H3. The number of carbonyl (C=O) groups excluding carboxylic acids is 2. The second kappa shape index (κ2) is 5.55. The first-order valence-corrected chi connectivity index (χ1v) is 4.43. The summed E-state index contributed by atoms with van der Waals surface area (Å²) in [5.74, 6) is -0.862. The van der Waals surface area contributed by atoms with Gasteiger partial charge in [-0.3, -0.25) is 0 Å². The van der Waals surface area contributed by atoms with E-state index in [2.05, 4.69) is 9.47 Å².